The fourth-order valence-corrected chi connectivity index (χ4v) is 1.92. The third kappa shape index (κ3) is 5.07. The molecule has 0 heterocycles. The summed E-state index contributed by atoms with van der Waals surface area (Å²) in [5.74, 6) is 0.270. The van der Waals surface area contributed by atoms with E-state index in [1.165, 1.54) is 11.8 Å². The molecule has 0 saturated heterocycles. The van der Waals surface area contributed by atoms with Crippen molar-refractivity contribution >= 4 is 11.8 Å². The van der Waals surface area contributed by atoms with Crippen molar-refractivity contribution in [3.63, 3.8) is 0 Å². The number of ether oxygens (including phenoxy) is 1. The van der Waals surface area contributed by atoms with Gasteiger partial charge in [0.15, 0.2) is 0 Å². The lowest BCUT2D eigenvalue weighted by atomic mass is 10.1. The molecular formula is C15H22N2O4. The lowest BCUT2D eigenvalue weighted by molar-refractivity contribution is -0.139. The Kier molecular flexibility index (Phi) is 6.68. The van der Waals surface area contributed by atoms with Crippen molar-refractivity contribution in [3.8, 4) is 5.75 Å². The number of amides is 2. The molecule has 116 valence electrons. The number of carbonyl (C=O) groups is 2. The summed E-state index contributed by atoms with van der Waals surface area (Å²) in [6.45, 7) is 3.48. The van der Waals surface area contributed by atoms with E-state index in [0.717, 1.165) is 11.3 Å². The zero-order chi connectivity index (χ0) is 15.8. The molecule has 2 N–H and O–H groups in total. The zero-order valence-electron chi connectivity index (χ0n) is 12.6. The van der Waals surface area contributed by atoms with E-state index in [1.807, 2.05) is 24.3 Å². The van der Waals surface area contributed by atoms with Crippen molar-refractivity contribution < 1.29 is 19.4 Å². The Bertz CT molecular complexity index is 473. The lowest BCUT2D eigenvalue weighted by Gasteiger charge is -2.27. The molecule has 6 heteroatoms. The highest BCUT2D eigenvalue weighted by molar-refractivity contribution is 5.86. The molecule has 0 aromatic heterocycles. The number of nitrogens with zero attached hydrogens (tertiary/aromatic N) is 1. The smallest absolute Gasteiger partial charge is 0.242 e. The third-order valence-electron chi connectivity index (χ3n) is 3.17. The Balaban J connectivity index is 2.76. The maximum Gasteiger partial charge on any atom is 0.242 e. The normalized spacial score (nSPS) is 11.6. The minimum Gasteiger partial charge on any atom is -0.497 e. The second kappa shape index (κ2) is 8.26. The van der Waals surface area contributed by atoms with E-state index < -0.39 is 6.04 Å². The number of rotatable bonds is 7. The molecule has 0 fully saturated rings. The third-order valence-corrected chi connectivity index (χ3v) is 3.17. The molecule has 2 amide bonds. The van der Waals surface area contributed by atoms with Gasteiger partial charge in [0.05, 0.1) is 13.7 Å². The van der Waals surface area contributed by atoms with Gasteiger partial charge in [0, 0.05) is 20.0 Å². The molecule has 0 radical (unpaired) electrons. The van der Waals surface area contributed by atoms with Gasteiger partial charge in [-0.1, -0.05) is 12.1 Å². The largest absolute Gasteiger partial charge is 0.497 e. The van der Waals surface area contributed by atoms with Crippen molar-refractivity contribution in [1.82, 2.24) is 10.2 Å². The van der Waals surface area contributed by atoms with Crippen LogP contribution in [0, 0.1) is 0 Å². The van der Waals surface area contributed by atoms with Crippen LogP contribution in [0.3, 0.4) is 0 Å². The van der Waals surface area contributed by atoms with Gasteiger partial charge in [-0.2, -0.15) is 0 Å². The number of hydrogen-bond donors (Lipinski definition) is 2. The van der Waals surface area contributed by atoms with Crippen molar-refractivity contribution in [2.45, 2.75) is 26.4 Å². The van der Waals surface area contributed by atoms with Gasteiger partial charge < -0.3 is 20.1 Å². The number of hydrogen-bond acceptors (Lipinski definition) is 4. The molecular weight excluding hydrogens is 272 g/mol. The van der Waals surface area contributed by atoms with Gasteiger partial charge in [0.2, 0.25) is 11.8 Å². The SMILES string of the molecule is COc1ccc(CN(C(C)=O)[C@H](C)C(=O)NCCO)cc1. The molecule has 0 saturated carbocycles. The summed E-state index contributed by atoms with van der Waals surface area (Å²) in [4.78, 5) is 25.1. The number of carbonyl (C=O) groups excluding carboxylic acids is 2. The van der Waals surface area contributed by atoms with E-state index in [2.05, 4.69) is 5.32 Å². The maximum atomic E-state index is 11.9. The molecule has 1 rings (SSSR count). The van der Waals surface area contributed by atoms with E-state index >= 15 is 0 Å². The van der Waals surface area contributed by atoms with Gasteiger partial charge in [-0.25, -0.2) is 0 Å². The van der Waals surface area contributed by atoms with Crippen LogP contribution in [-0.2, 0) is 16.1 Å². The summed E-state index contributed by atoms with van der Waals surface area (Å²) in [7, 11) is 1.59. The van der Waals surface area contributed by atoms with E-state index in [4.69, 9.17) is 9.84 Å². The average Bonchev–Trinajstić information content (AvgIpc) is 2.49. The Labute approximate surface area is 124 Å². The van der Waals surface area contributed by atoms with Gasteiger partial charge in [-0.15, -0.1) is 0 Å². The van der Waals surface area contributed by atoms with Crippen LogP contribution in [-0.4, -0.2) is 48.1 Å². The van der Waals surface area contributed by atoms with Crippen molar-refractivity contribution in [1.29, 1.82) is 0 Å². The monoisotopic (exact) mass is 294 g/mol. The predicted octanol–water partition coefficient (Wildman–Crippen LogP) is 0.541. The van der Waals surface area contributed by atoms with Crippen LogP contribution >= 0.6 is 0 Å². The number of benzene rings is 1. The maximum absolute atomic E-state index is 11.9. The van der Waals surface area contributed by atoms with Gasteiger partial charge in [0.1, 0.15) is 11.8 Å². The van der Waals surface area contributed by atoms with E-state index in [9.17, 15) is 9.59 Å². The summed E-state index contributed by atoms with van der Waals surface area (Å²) >= 11 is 0. The highest BCUT2D eigenvalue weighted by Crippen LogP contribution is 2.14. The molecule has 0 spiro atoms. The first-order chi connectivity index (χ1) is 9.99. The van der Waals surface area contributed by atoms with Crippen LogP contribution in [0.15, 0.2) is 24.3 Å². The summed E-state index contributed by atoms with van der Waals surface area (Å²) < 4.78 is 5.08. The van der Waals surface area contributed by atoms with Crippen LogP contribution in [0.1, 0.15) is 19.4 Å². The Morgan fingerprint density at radius 2 is 1.95 bits per heavy atom. The highest BCUT2D eigenvalue weighted by atomic mass is 16.5. The molecule has 21 heavy (non-hydrogen) atoms. The van der Waals surface area contributed by atoms with E-state index in [0.29, 0.717) is 6.54 Å². The molecule has 0 aliphatic heterocycles. The van der Waals surface area contributed by atoms with Gasteiger partial charge in [-0.05, 0) is 24.6 Å². The Morgan fingerprint density at radius 3 is 2.43 bits per heavy atom. The van der Waals surface area contributed by atoms with Crippen LogP contribution in [0.2, 0.25) is 0 Å². The standard InChI is InChI=1S/C15H22N2O4/c1-11(15(20)16-8-9-18)17(12(2)19)10-13-4-6-14(21-3)7-5-13/h4-7,11,18H,8-10H2,1-3H3,(H,16,20)/t11-/m1/s1. The van der Waals surface area contributed by atoms with Crippen molar-refractivity contribution in [3.05, 3.63) is 29.8 Å². The predicted molar refractivity (Wildman–Crippen MR) is 78.8 cm³/mol. The number of aliphatic hydroxyl groups excluding tert-OH is 1. The first-order valence-electron chi connectivity index (χ1n) is 6.78. The molecule has 6 nitrogen and oxygen atoms in total. The fourth-order valence-electron chi connectivity index (χ4n) is 1.92. The van der Waals surface area contributed by atoms with Crippen molar-refractivity contribution in [2.75, 3.05) is 20.3 Å². The molecule has 0 unspecified atom stereocenters. The first kappa shape index (κ1) is 17.0. The molecule has 0 aliphatic rings. The molecule has 1 aromatic rings. The van der Waals surface area contributed by atoms with Crippen LogP contribution in [0.4, 0.5) is 0 Å². The van der Waals surface area contributed by atoms with Crippen LogP contribution < -0.4 is 10.1 Å². The lowest BCUT2D eigenvalue weighted by Crippen LogP contribution is -2.47. The summed E-state index contributed by atoms with van der Waals surface area (Å²) in [6.07, 6.45) is 0. The minimum absolute atomic E-state index is 0.128. The Hall–Kier alpha value is -2.08. The number of methoxy groups -OCH3 is 1. The van der Waals surface area contributed by atoms with Gasteiger partial charge in [0.25, 0.3) is 0 Å². The van der Waals surface area contributed by atoms with Crippen LogP contribution in [0.5, 0.6) is 5.75 Å². The second-order valence-corrected chi connectivity index (χ2v) is 4.69. The second-order valence-electron chi connectivity index (χ2n) is 4.69. The minimum atomic E-state index is -0.601. The molecule has 1 atom stereocenters. The first-order valence-corrected chi connectivity index (χ1v) is 6.78. The van der Waals surface area contributed by atoms with Crippen LogP contribution in [0.25, 0.3) is 0 Å². The molecule has 0 aliphatic carbocycles. The highest BCUT2D eigenvalue weighted by Gasteiger charge is 2.23. The zero-order valence-corrected chi connectivity index (χ0v) is 12.6. The van der Waals surface area contributed by atoms with Gasteiger partial charge in [-0.3, -0.25) is 9.59 Å². The molecule has 1 aromatic carbocycles. The van der Waals surface area contributed by atoms with E-state index in [-0.39, 0.29) is 25.0 Å². The van der Waals surface area contributed by atoms with Crippen molar-refractivity contribution in [2.24, 2.45) is 0 Å². The number of aliphatic hydroxyl groups is 1. The molecule has 0 bridgehead atoms. The fraction of sp³-hybridized carbons (Fsp3) is 0.467. The summed E-state index contributed by atoms with van der Waals surface area (Å²) in [5.41, 5.74) is 0.910. The number of nitrogens with one attached hydrogen (secondary N) is 1. The Morgan fingerprint density at radius 1 is 1.33 bits per heavy atom. The summed E-state index contributed by atoms with van der Waals surface area (Å²) in [6, 6.07) is 6.73. The average molecular weight is 294 g/mol. The topological polar surface area (TPSA) is 78.9 Å². The summed E-state index contributed by atoms with van der Waals surface area (Å²) in [5, 5.41) is 11.3. The van der Waals surface area contributed by atoms with E-state index in [1.54, 1.807) is 14.0 Å². The van der Waals surface area contributed by atoms with Gasteiger partial charge >= 0.3 is 0 Å². The quantitative estimate of drug-likeness (QED) is 0.769.